The highest BCUT2D eigenvalue weighted by Gasteiger charge is 2.28. The van der Waals surface area contributed by atoms with Crippen LogP contribution in [0.4, 0.5) is 0 Å². The fourth-order valence-corrected chi connectivity index (χ4v) is 2.98. The van der Waals surface area contributed by atoms with E-state index in [-0.39, 0.29) is 18.4 Å². The van der Waals surface area contributed by atoms with Crippen LogP contribution < -0.4 is 0 Å². The first-order valence-electron chi connectivity index (χ1n) is 6.73. The van der Waals surface area contributed by atoms with Gasteiger partial charge in [-0.1, -0.05) is 0 Å². The number of rotatable bonds is 4. The molecule has 1 atom stereocenters. The monoisotopic (exact) mass is 340 g/mol. The van der Waals surface area contributed by atoms with Crippen molar-refractivity contribution in [3.63, 3.8) is 0 Å². The molecule has 0 radical (unpaired) electrons. The summed E-state index contributed by atoms with van der Waals surface area (Å²) in [5.41, 5.74) is 0.537. The molecule has 1 aliphatic rings. The quantitative estimate of drug-likeness (QED) is 0.855. The lowest BCUT2D eigenvalue weighted by Crippen LogP contribution is -2.44. The lowest BCUT2D eigenvalue weighted by molar-refractivity contribution is -0.137. The minimum absolute atomic E-state index is 0.0134. The Balaban J connectivity index is 2.13. The predicted octanol–water partition coefficient (Wildman–Crippen LogP) is 2.70. The number of carboxylic acid groups (broad SMARTS) is 1. The fourth-order valence-electron chi connectivity index (χ4n) is 2.56. The van der Waals surface area contributed by atoms with Gasteiger partial charge in [0.05, 0.1) is 5.56 Å². The molecule has 1 saturated heterocycles. The molecule has 20 heavy (non-hydrogen) atoms. The van der Waals surface area contributed by atoms with E-state index >= 15 is 0 Å². The number of hydrogen-bond donors (Lipinski definition) is 1. The number of amides is 1. The van der Waals surface area contributed by atoms with Gasteiger partial charge >= 0.3 is 5.97 Å². The second-order valence-electron chi connectivity index (χ2n) is 4.92. The Morgan fingerprint density at radius 1 is 1.45 bits per heavy atom. The average molecular weight is 341 g/mol. The van der Waals surface area contributed by atoms with Gasteiger partial charge in [-0.15, -0.1) is 0 Å². The first kappa shape index (κ1) is 15.0. The van der Waals surface area contributed by atoms with Crippen molar-refractivity contribution in [1.29, 1.82) is 0 Å². The summed E-state index contributed by atoms with van der Waals surface area (Å²) in [4.78, 5) is 29.2. The molecule has 0 aliphatic carbocycles. The second kappa shape index (κ2) is 6.83. The molecule has 1 fully saturated rings. The van der Waals surface area contributed by atoms with Crippen molar-refractivity contribution in [3.8, 4) is 0 Å². The Morgan fingerprint density at radius 3 is 2.95 bits per heavy atom. The molecule has 1 amide bonds. The average Bonchev–Trinajstić information content (AvgIpc) is 2.45. The third-order valence-electron chi connectivity index (χ3n) is 3.57. The number of carboxylic acids is 1. The SMILES string of the molecule is O=C(O)CCC1CCCCN1C(=O)c1cccnc1Br. The third kappa shape index (κ3) is 3.56. The molecule has 1 aromatic rings. The minimum atomic E-state index is -0.814. The molecule has 1 N–H and O–H groups in total. The molecular formula is C14H17BrN2O3. The Bertz CT molecular complexity index is 507. The van der Waals surface area contributed by atoms with Gasteiger partial charge in [0.25, 0.3) is 5.91 Å². The summed E-state index contributed by atoms with van der Waals surface area (Å²) in [7, 11) is 0. The van der Waals surface area contributed by atoms with Crippen molar-refractivity contribution in [2.75, 3.05) is 6.54 Å². The summed E-state index contributed by atoms with van der Waals surface area (Å²) < 4.78 is 0.535. The van der Waals surface area contributed by atoms with Gasteiger partial charge in [-0.3, -0.25) is 9.59 Å². The maximum atomic E-state index is 12.6. The number of halogens is 1. The standard InChI is InChI=1S/C14H17BrN2O3/c15-13-11(5-3-8-16-13)14(20)17-9-2-1-4-10(17)6-7-12(18)19/h3,5,8,10H,1-2,4,6-7,9H2,(H,18,19). The highest BCUT2D eigenvalue weighted by molar-refractivity contribution is 9.10. The summed E-state index contributed by atoms with van der Waals surface area (Å²) >= 11 is 3.29. The van der Waals surface area contributed by atoms with Crippen molar-refractivity contribution in [3.05, 3.63) is 28.5 Å². The Hall–Kier alpha value is -1.43. The molecule has 0 aromatic carbocycles. The predicted molar refractivity (Wildman–Crippen MR) is 77.5 cm³/mol. The van der Waals surface area contributed by atoms with E-state index in [1.165, 1.54) is 0 Å². The van der Waals surface area contributed by atoms with E-state index in [4.69, 9.17) is 5.11 Å². The minimum Gasteiger partial charge on any atom is -0.481 e. The molecule has 0 saturated carbocycles. The molecule has 0 spiro atoms. The first-order valence-corrected chi connectivity index (χ1v) is 7.52. The summed E-state index contributed by atoms with van der Waals surface area (Å²) in [5.74, 6) is -0.884. The Morgan fingerprint density at radius 2 is 2.25 bits per heavy atom. The number of hydrogen-bond acceptors (Lipinski definition) is 3. The van der Waals surface area contributed by atoms with Crippen molar-refractivity contribution < 1.29 is 14.7 Å². The van der Waals surface area contributed by atoms with Crippen molar-refractivity contribution in [2.24, 2.45) is 0 Å². The van der Waals surface area contributed by atoms with Crippen LogP contribution in [0.25, 0.3) is 0 Å². The van der Waals surface area contributed by atoms with Crippen molar-refractivity contribution in [1.82, 2.24) is 9.88 Å². The highest BCUT2D eigenvalue weighted by Crippen LogP contribution is 2.24. The van der Waals surface area contributed by atoms with Crippen LogP contribution in [0.1, 0.15) is 42.5 Å². The van der Waals surface area contributed by atoms with Crippen molar-refractivity contribution in [2.45, 2.75) is 38.1 Å². The van der Waals surface area contributed by atoms with Gasteiger partial charge in [0.2, 0.25) is 0 Å². The molecule has 2 rings (SSSR count). The van der Waals surface area contributed by atoms with Gasteiger partial charge in [0.1, 0.15) is 4.60 Å². The van der Waals surface area contributed by atoms with E-state index in [1.807, 2.05) is 0 Å². The lowest BCUT2D eigenvalue weighted by atomic mass is 9.97. The first-order chi connectivity index (χ1) is 9.59. The molecule has 2 heterocycles. The normalized spacial score (nSPS) is 18.9. The van der Waals surface area contributed by atoms with E-state index in [0.29, 0.717) is 23.1 Å². The van der Waals surface area contributed by atoms with Crippen LogP contribution in [0, 0.1) is 0 Å². The van der Waals surface area contributed by atoms with Crippen LogP contribution in [0.2, 0.25) is 0 Å². The molecule has 6 heteroatoms. The molecule has 1 unspecified atom stereocenters. The number of aliphatic carboxylic acids is 1. The van der Waals surface area contributed by atoms with Gasteiger partial charge in [-0.05, 0) is 53.7 Å². The zero-order valence-electron chi connectivity index (χ0n) is 11.1. The number of carbonyl (C=O) groups is 2. The van der Waals surface area contributed by atoms with Crippen LogP contribution in [0.15, 0.2) is 22.9 Å². The Labute approximate surface area is 126 Å². The van der Waals surface area contributed by atoms with Crippen LogP contribution in [-0.4, -0.2) is 39.5 Å². The van der Waals surface area contributed by atoms with Crippen molar-refractivity contribution >= 4 is 27.8 Å². The van der Waals surface area contributed by atoms with Crippen LogP contribution in [0.3, 0.4) is 0 Å². The van der Waals surface area contributed by atoms with Gasteiger partial charge in [0.15, 0.2) is 0 Å². The van der Waals surface area contributed by atoms with Crippen LogP contribution in [0.5, 0.6) is 0 Å². The number of likely N-dealkylation sites (tertiary alicyclic amines) is 1. The number of nitrogens with zero attached hydrogens (tertiary/aromatic N) is 2. The zero-order chi connectivity index (χ0) is 14.5. The summed E-state index contributed by atoms with van der Waals surface area (Å²) in [6.45, 7) is 0.685. The molecular weight excluding hydrogens is 324 g/mol. The molecule has 108 valence electrons. The summed E-state index contributed by atoms with van der Waals surface area (Å²) in [5, 5.41) is 8.81. The van der Waals surface area contributed by atoms with Crippen LogP contribution >= 0.6 is 15.9 Å². The lowest BCUT2D eigenvalue weighted by Gasteiger charge is -2.35. The number of piperidine rings is 1. The van der Waals surface area contributed by atoms with Gasteiger partial charge in [0, 0.05) is 25.2 Å². The molecule has 1 aromatic heterocycles. The van der Waals surface area contributed by atoms with E-state index in [0.717, 1.165) is 19.3 Å². The van der Waals surface area contributed by atoms with E-state index in [2.05, 4.69) is 20.9 Å². The van der Waals surface area contributed by atoms with E-state index in [1.54, 1.807) is 23.2 Å². The number of aromatic nitrogens is 1. The largest absolute Gasteiger partial charge is 0.481 e. The van der Waals surface area contributed by atoms with Gasteiger partial charge in [-0.2, -0.15) is 0 Å². The van der Waals surface area contributed by atoms with E-state index < -0.39 is 5.97 Å². The topological polar surface area (TPSA) is 70.5 Å². The summed E-state index contributed by atoms with van der Waals surface area (Å²) in [6.07, 6.45) is 5.12. The zero-order valence-corrected chi connectivity index (χ0v) is 12.7. The smallest absolute Gasteiger partial charge is 0.303 e. The fraction of sp³-hybridized carbons (Fsp3) is 0.500. The number of pyridine rings is 1. The number of carbonyl (C=O) groups excluding carboxylic acids is 1. The molecule has 1 aliphatic heterocycles. The highest BCUT2D eigenvalue weighted by atomic mass is 79.9. The van der Waals surface area contributed by atoms with E-state index in [9.17, 15) is 9.59 Å². The second-order valence-corrected chi connectivity index (χ2v) is 5.67. The third-order valence-corrected chi connectivity index (χ3v) is 4.20. The maximum absolute atomic E-state index is 12.6. The molecule has 0 bridgehead atoms. The maximum Gasteiger partial charge on any atom is 0.303 e. The van der Waals surface area contributed by atoms with Gasteiger partial charge < -0.3 is 10.0 Å². The van der Waals surface area contributed by atoms with Crippen LogP contribution in [-0.2, 0) is 4.79 Å². The molecule has 5 nitrogen and oxygen atoms in total. The summed E-state index contributed by atoms with van der Waals surface area (Å²) in [6, 6.07) is 3.48. The Kier molecular flexibility index (Phi) is 5.11. The van der Waals surface area contributed by atoms with Gasteiger partial charge in [-0.25, -0.2) is 4.98 Å².